The van der Waals surface area contributed by atoms with E-state index in [0.29, 0.717) is 0 Å². The molecule has 17 heavy (non-hydrogen) atoms. The lowest BCUT2D eigenvalue weighted by molar-refractivity contribution is 0.00974. The molecule has 1 rings (SSSR count). The molecule has 1 N–H and O–H groups in total. The Hall–Kier alpha value is -1.05. The zero-order valence-corrected chi connectivity index (χ0v) is 10.1. The van der Waals surface area contributed by atoms with Crippen LogP contribution < -0.4 is 0 Å². The van der Waals surface area contributed by atoms with Crippen LogP contribution in [0.15, 0.2) is 18.2 Å². The first-order valence-corrected chi connectivity index (χ1v) is 6.46. The van der Waals surface area contributed by atoms with Crippen molar-refractivity contribution in [2.24, 2.45) is 0 Å². The second kappa shape index (κ2) is 4.67. The van der Waals surface area contributed by atoms with Crippen LogP contribution in [0.3, 0.4) is 0 Å². The largest absolute Gasteiger partial charge is 0.383 e. The Morgan fingerprint density at radius 1 is 1.35 bits per heavy atom. The van der Waals surface area contributed by atoms with E-state index in [9.17, 15) is 22.3 Å². The monoisotopic (exact) mass is 266 g/mol. The third kappa shape index (κ3) is 4.03. The Balaban J connectivity index is 2.92. The fraction of sp³-hybridized carbons (Fsp3) is 0.400. The lowest BCUT2D eigenvalue weighted by Gasteiger charge is -2.22. The number of hydrogen-bond acceptors (Lipinski definition) is 4. The number of halogens is 2. The minimum atomic E-state index is -3.71. The summed E-state index contributed by atoms with van der Waals surface area (Å²) in [7, 11) is -3.71. The van der Waals surface area contributed by atoms with Gasteiger partial charge in [-0.25, -0.2) is 8.78 Å². The van der Waals surface area contributed by atoms with E-state index in [1.807, 2.05) is 0 Å². The molecule has 0 heterocycles. The van der Waals surface area contributed by atoms with Crippen LogP contribution in [0.4, 0.5) is 8.78 Å². The summed E-state index contributed by atoms with van der Waals surface area (Å²) in [6, 6.07) is 2.80. The van der Waals surface area contributed by atoms with Crippen LogP contribution in [0.1, 0.15) is 12.5 Å². The van der Waals surface area contributed by atoms with E-state index in [4.69, 9.17) is 0 Å². The zero-order valence-electron chi connectivity index (χ0n) is 9.28. The molecule has 0 aliphatic carbocycles. The molecule has 0 aliphatic heterocycles. The average molecular weight is 266 g/mol. The quantitative estimate of drug-likeness (QED) is 0.830. The molecule has 0 aliphatic rings. The first-order valence-electron chi connectivity index (χ1n) is 4.64. The van der Waals surface area contributed by atoms with Gasteiger partial charge >= 0.3 is 0 Å². The first kappa shape index (κ1) is 14.0. The van der Waals surface area contributed by atoms with Gasteiger partial charge in [-0.3, -0.25) is 4.18 Å². The summed E-state index contributed by atoms with van der Waals surface area (Å²) in [5.41, 5.74) is -1.70. The van der Waals surface area contributed by atoms with Crippen molar-refractivity contribution in [2.75, 3.05) is 12.9 Å². The maximum Gasteiger partial charge on any atom is 0.264 e. The van der Waals surface area contributed by atoms with Crippen molar-refractivity contribution in [3.05, 3.63) is 35.4 Å². The van der Waals surface area contributed by atoms with Gasteiger partial charge in [0.2, 0.25) is 0 Å². The van der Waals surface area contributed by atoms with Gasteiger partial charge in [0.05, 0.1) is 12.9 Å². The lowest BCUT2D eigenvalue weighted by atomic mass is 9.97. The number of aliphatic hydroxyl groups is 1. The maximum atomic E-state index is 12.9. The number of benzene rings is 1. The van der Waals surface area contributed by atoms with Gasteiger partial charge in [-0.15, -0.1) is 0 Å². The molecule has 1 atom stereocenters. The van der Waals surface area contributed by atoms with Crippen molar-refractivity contribution < 1.29 is 26.5 Å². The molecule has 0 spiro atoms. The van der Waals surface area contributed by atoms with E-state index in [0.717, 1.165) is 24.5 Å². The van der Waals surface area contributed by atoms with Gasteiger partial charge in [0.1, 0.15) is 5.60 Å². The standard InChI is InChI=1S/C10H12F2O4S/c1-10(13,6-16-17(2,14)15)7-3-4-8(11)9(12)5-7/h3-5,13H,6H2,1-2H3/t10-/m1/s1. The molecule has 1 aromatic carbocycles. The Bertz CT molecular complexity index is 511. The molecule has 0 fully saturated rings. The minimum Gasteiger partial charge on any atom is -0.383 e. The normalized spacial score (nSPS) is 15.6. The number of hydrogen-bond donors (Lipinski definition) is 1. The lowest BCUT2D eigenvalue weighted by Crippen LogP contribution is -2.29. The van der Waals surface area contributed by atoms with E-state index in [1.165, 1.54) is 6.92 Å². The average Bonchev–Trinajstić information content (AvgIpc) is 2.18. The third-order valence-electron chi connectivity index (χ3n) is 2.10. The Morgan fingerprint density at radius 2 is 1.94 bits per heavy atom. The smallest absolute Gasteiger partial charge is 0.264 e. The molecule has 7 heteroatoms. The highest BCUT2D eigenvalue weighted by atomic mass is 32.2. The van der Waals surface area contributed by atoms with E-state index in [-0.39, 0.29) is 5.56 Å². The molecule has 0 radical (unpaired) electrons. The predicted octanol–water partition coefficient (Wildman–Crippen LogP) is 1.15. The molecule has 4 nitrogen and oxygen atoms in total. The number of rotatable bonds is 4. The first-order chi connectivity index (χ1) is 7.62. The van der Waals surface area contributed by atoms with E-state index < -0.39 is 34.0 Å². The topological polar surface area (TPSA) is 63.6 Å². The van der Waals surface area contributed by atoms with Gasteiger partial charge in [0.25, 0.3) is 10.1 Å². The van der Waals surface area contributed by atoms with Crippen LogP contribution in [0.5, 0.6) is 0 Å². The molecule has 0 saturated carbocycles. The summed E-state index contributed by atoms with van der Waals surface area (Å²) in [6.07, 6.45) is 0.828. The predicted molar refractivity (Wildman–Crippen MR) is 56.7 cm³/mol. The van der Waals surface area contributed by atoms with Gasteiger partial charge in [-0.1, -0.05) is 6.07 Å². The Kier molecular flexibility index (Phi) is 3.85. The van der Waals surface area contributed by atoms with Crippen molar-refractivity contribution in [1.29, 1.82) is 0 Å². The van der Waals surface area contributed by atoms with E-state index in [2.05, 4.69) is 4.18 Å². The fourth-order valence-electron chi connectivity index (χ4n) is 1.14. The molecule has 0 saturated heterocycles. The van der Waals surface area contributed by atoms with Crippen LogP contribution in [0.25, 0.3) is 0 Å². The molecule has 0 amide bonds. The van der Waals surface area contributed by atoms with Gasteiger partial charge in [0.15, 0.2) is 11.6 Å². The van der Waals surface area contributed by atoms with Gasteiger partial charge in [0, 0.05) is 0 Å². The summed E-state index contributed by atoms with van der Waals surface area (Å²) in [6.45, 7) is 0.668. The fourth-order valence-corrected chi connectivity index (χ4v) is 1.58. The molecule has 0 unspecified atom stereocenters. The van der Waals surface area contributed by atoms with Crippen LogP contribution >= 0.6 is 0 Å². The molecular weight excluding hydrogens is 254 g/mol. The molecule has 0 aromatic heterocycles. The highest BCUT2D eigenvalue weighted by Gasteiger charge is 2.26. The van der Waals surface area contributed by atoms with Crippen molar-refractivity contribution >= 4 is 10.1 Å². The molecule has 96 valence electrons. The maximum absolute atomic E-state index is 12.9. The van der Waals surface area contributed by atoms with Gasteiger partial charge < -0.3 is 5.11 Å². The van der Waals surface area contributed by atoms with Crippen LogP contribution in [0, 0.1) is 11.6 Å². The van der Waals surface area contributed by atoms with Gasteiger partial charge in [-0.05, 0) is 24.6 Å². The third-order valence-corrected chi connectivity index (χ3v) is 2.64. The van der Waals surface area contributed by atoms with Gasteiger partial charge in [-0.2, -0.15) is 8.42 Å². The van der Waals surface area contributed by atoms with Crippen molar-refractivity contribution in [3.8, 4) is 0 Å². The minimum absolute atomic E-state index is 0.0278. The van der Waals surface area contributed by atoms with E-state index in [1.54, 1.807) is 0 Å². The highest BCUT2D eigenvalue weighted by molar-refractivity contribution is 7.85. The summed E-state index contributed by atoms with van der Waals surface area (Å²) in [4.78, 5) is 0. The summed E-state index contributed by atoms with van der Waals surface area (Å²) in [5, 5.41) is 9.89. The van der Waals surface area contributed by atoms with Crippen molar-refractivity contribution in [3.63, 3.8) is 0 Å². The second-order valence-corrected chi connectivity index (χ2v) is 5.51. The van der Waals surface area contributed by atoms with Crippen LogP contribution in [0.2, 0.25) is 0 Å². The zero-order chi connectivity index (χ0) is 13.3. The molecular formula is C10H12F2O4S. The Labute approximate surface area is 98.0 Å². The second-order valence-electron chi connectivity index (χ2n) is 3.87. The van der Waals surface area contributed by atoms with Crippen LogP contribution in [-0.2, 0) is 19.9 Å². The van der Waals surface area contributed by atoms with Crippen molar-refractivity contribution in [1.82, 2.24) is 0 Å². The molecule has 0 bridgehead atoms. The molecule has 1 aromatic rings. The Morgan fingerprint density at radius 3 is 2.41 bits per heavy atom. The van der Waals surface area contributed by atoms with E-state index >= 15 is 0 Å². The summed E-state index contributed by atoms with van der Waals surface area (Å²) >= 11 is 0. The SMILES string of the molecule is C[C@@](O)(COS(C)(=O)=O)c1ccc(F)c(F)c1. The highest BCUT2D eigenvalue weighted by Crippen LogP contribution is 2.23. The summed E-state index contributed by atoms with van der Waals surface area (Å²) in [5.74, 6) is -2.17. The van der Waals surface area contributed by atoms with Crippen LogP contribution in [-0.4, -0.2) is 26.4 Å². The van der Waals surface area contributed by atoms with Crippen molar-refractivity contribution in [2.45, 2.75) is 12.5 Å². The summed E-state index contributed by atoms with van der Waals surface area (Å²) < 4.78 is 51.6.